The fourth-order valence-electron chi connectivity index (χ4n) is 2.07. The highest BCUT2D eigenvalue weighted by Gasteiger charge is 2.16. The van der Waals surface area contributed by atoms with Crippen LogP contribution in [0.5, 0.6) is 0 Å². The SMILES string of the molecule is NC(=S)c1ccc(CN2CCCNC(=O)C2)c(F)c1. The van der Waals surface area contributed by atoms with Gasteiger partial charge in [-0.05, 0) is 12.5 Å². The molecule has 4 nitrogen and oxygen atoms in total. The van der Waals surface area contributed by atoms with Gasteiger partial charge >= 0.3 is 0 Å². The summed E-state index contributed by atoms with van der Waals surface area (Å²) in [6, 6.07) is 4.72. The molecule has 1 heterocycles. The molecule has 0 unspecified atom stereocenters. The third-order valence-corrected chi connectivity index (χ3v) is 3.31. The van der Waals surface area contributed by atoms with Crippen LogP contribution in [0.4, 0.5) is 4.39 Å². The number of nitrogens with two attached hydrogens (primary N) is 1. The van der Waals surface area contributed by atoms with Gasteiger partial charge in [0.2, 0.25) is 5.91 Å². The molecule has 1 aliphatic rings. The number of benzene rings is 1. The lowest BCUT2D eigenvalue weighted by atomic mass is 10.1. The summed E-state index contributed by atoms with van der Waals surface area (Å²) in [6.45, 7) is 2.17. The molecule has 0 spiro atoms. The van der Waals surface area contributed by atoms with Crippen molar-refractivity contribution >= 4 is 23.1 Å². The smallest absolute Gasteiger partial charge is 0.234 e. The molecule has 0 radical (unpaired) electrons. The van der Waals surface area contributed by atoms with E-state index < -0.39 is 0 Å². The van der Waals surface area contributed by atoms with Crippen LogP contribution in [0.25, 0.3) is 0 Å². The van der Waals surface area contributed by atoms with Crippen LogP contribution in [0.3, 0.4) is 0 Å². The summed E-state index contributed by atoms with van der Waals surface area (Å²) in [7, 11) is 0. The van der Waals surface area contributed by atoms with Crippen molar-refractivity contribution in [1.82, 2.24) is 10.2 Å². The number of amides is 1. The second kappa shape index (κ2) is 6.08. The van der Waals surface area contributed by atoms with Crippen molar-refractivity contribution in [3.8, 4) is 0 Å². The van der Waals surface area contributed by atoms with E-state index in [1.165, 1.54) is 6.07 Å². The first-order valence-electron chi connectivity index (χ1n) is 6.13. The number of hydrogen-bond donors (Lipinski definition) is 2. The monoisotopic (exact) mass is 281 g/mol. The van der Waals surface area contributed by atoms with Gasteiger partial charge in [-0.1, -0.05) is 24.4 Å². The van der Waals surface area contributed by atoms with Crippen LogP contribution in [-0.2, 0) is 11.3 Å². The predicted octanol–water partition coefficient (Wildman–Crippen LogP) is 0.782. The molecule has 19 heavy (non-hydrogen) atoms. The fraction of sp³-hybridized carbons (Fsp3) is 0.385. The van der Waals surface area contributed by atoms with Crippen LogP contribution in [0, 0.1) is 5.82 Å². The summed E-state index contributed by atoms with van der Waals surface area (Å²) in [5.41, 5.74) is 6.53. The van der Waals surface area contributed by atoms with Gasteiger partial charge in [0.15, 0.2) is 0 Å². The molecule has 102 valence electrons. The number of nitrogens with zero attached hydrogens (tertiary/aromatic N) is 1. The second-order valence-corrected chi connectivity index (χ2v) is 5.02. The van der Waals surface area contributed by atoms with Crippen molar-refractivity contribution in [3.63, 3.8) is 0 Å². The molecular formula is C13H16FN3OS. The van der Waals surface area contributed by atoms with Crippen molar-refractivity contribution in [2.45, 2.75) is 13.0 Å². The second-order valence-electron chi connectivity index (χ2n) is 4.58. The zero-order valence-corrected chi connectivity index (χ0v) is 11.3. The molecule has 2 rings (SSSR count). The Hall–Kier alpha value is -1.53. The summed E-state index contributed by atoms with van der Waals surface area (Å²) in [5.74, 6) is -0.354. The van der Waals surface area contributed by atoms with Gasteiger partial charge in [-0.2, -0.15) is 0 Å². The molecule has 6 heteroatoms. The average molecular weight is 281 g/mol. The predicted molar refractivity (Wildman–Crippen MR) is 75.2 cm³/mol. The van der Waals surface area contributed by atoms with E-state index in [0.717, 1.165) is 13.0 Å². The first-order chi connectivity index (χ1) is 9.06. The fourth-order valence-corrected chi connectivity index (χ4v) is 2.20. The molecule has 0 aromatic heterocycles. The minimum Gasteiger partial charge on any atom is -0.389 e. The Kier molecular flexibility index (Phi) is 4.44. The number of rotatable bonds is 3. The number of carbonyl (C=O) groups is 1. The van der Waals surface area contributed by atoms with E-state index >= 15 is 0 Å². The summed E-state index contributed by atoms with van der Waals surface area (Å²) >= 11 is 4.81. The van der Waals surface area contributed by atoms with Gasteiger partial charge in [0.05, 0.1) is 6.54 Å². The number of hydrogen-bond acceptors (Lipinski definition) is 3. The average Bonchev–Trinajstić information content (AvgIpc) is 2.56. The quantitative estimate of drug-likeness (QED) is 0.804. The standard InChI is InChI=1S/C13H16FN3OS/c14-11-6-9(13(15)19)2-3-10(11)7-17-5-1-4-16-12(18)8-17/h2-3,6H,1,4-5,7-8H2,(H2,15,19)(H,16,18). The maximum absolute atomic E-state index is 13.9. The zero-order chi connectivity index (χ0) is 13.8. The van der Waals surface area contributed by atoms with Crippen LogP contribution >= 0.6 is 12.2 Å². The number of nitrogens with one attached hydrogen (secondary N) is 1. The van der Waals surface area contributed by atoms with E-state index in [-0.39, 0.29) is 16.7 Å². The minimum absolute atomic E-state index is 0.0161. The highest BCUT2D eigenvalue weighted by atomic mass is 32.1. The van der Waals surface area contributed by atoms with E-state index in [4.69, 9.17) is 18.0 Å². The van der Waals surface area contributed by atoms with Gasteiger partial charge in [0.25, 0.3) is 0 Å². The molecule has 1 amide bonds. The Labute approximate surface area is 116 Å². The van der Waals surface area contributed by atoms with Crippen molar-refractivity contribution < 1.29 is 9.18 Å². The van der Waals surface area contributed by atoms with E-state index in [9.17, 15) is 9.18 Å². The lowest BCUT2D eigenvalue weighted by Crippen LogP contribution is -2.32. The van der Waals surface area contributed by atoms with Gasteiger partial charge in [-0.25, -0.2) is 4.39 Å². The third kappa shape index (κ3) is 3.71. The lowest BCUT2D eigenvalue weighted by molar-refractivity contribution is -0.121. The molecule has 0 saturated carbocycles. The van der Waals surface area contributed by atoms with Gasteiger partial charge in [0, 0.05) is 30.8 Å². The van der Waals surface area contributed by atoms with Crippen LogP contribution in [0.1, 0.15) is 17.5 Å². The number of halogens is 1. The minimum atomic E-state index is -0.338. The van der Waals surface area contributed by atoms with Crippen LogP contribution in [-0.4, -0.2) is 35.4 Å². The Morgan fingerprint density at radius 1 is 1.53 bits per heavy atom. The van der Waals surface area contributed by atoms with Crippen molar-refractivity contribution in [3.05, 3.63) is 35.1 Å². The lowest BCUT2D eigenvalue weighted by Gasteiger charge is -2.19. The molecule has 0 atom stereocenters. The summed E-state index contributed by atoms with van der Waals surface area (Å²) in [4.78, 5) is 13.5. The molecular weight excluding hydrogens is 265 g/mol. The van der Waals surface area contributed by atoms with Crippen LogP contribution in [0.15, 0.2) is 18.2 Å². The maximum atomic E-state index is 13.9. The van der Waals surface area contributed by atoms with Crippen molar-refractivity contribution in [2.24, 2.45) is 5.73 Å². The summed E-state index contributed by atoms with van der Waals surface area (Å²) in [5, 5.41) is 2.79. The topological polar surface area (TPSA) is 58.4 Å². The first-order valence-corrected chi connectivity index (χ1v) is 6.54. The highest BCUT2D eigenvalue weighted by Crippen LogP contribution is 2.14. The Morgan fingerprint density at radius 3 is 3.00 bits per heavy atom. The Bertz CT molecular complexity index is 507. The highest BCUT2D eigenvalue weighted by molar-refractivity contribution is 7.80. The number of thiocarbonyl (C=S) groups is 1. The van der Waals surface area contributed by atoms with E-state index in [0.29, 0.717) is 30.8 Å². The number of carbonyl (C=O) groups excluding carboxylic acids is 1. The van der Waals surface area contributed by atoms with Crippen LogP contribution < -0.4 is 11.1 Å². The molecule has 0 bridgehead atoms. The molecule has 1 aromatic carbocycles. The molecule has 1 aromatic rings. The van der Waals surface area contributed by atoms with E-state index in [1.807, 2.05) is 4.90 Å². The largest absolute Gasteiger partial charge is 0.389 e. The summed E-state index contributed by atoms with van der Waals surface area (Å²) < 4.78 is 13.9. The third-order valence-electron chi connectivity index (χ3n) is 3.07. The summed E-state index contributed by atoms with van der Waals surface area (Å²) in [6.07, 6.45) is 0.873. The van der Waals surface area contributed by atoms with Gasteiger partial charge in [-0.15, -0.1) is 0 Å². The van der Waals surface area contributed by atoms with Gasteiger partial charge in [0.1, 0.15) is 10.8 Å². The molecule has 1 aliphatic heterocycles. The molecule has 1 fully saturated rings. The van der Waals surface area contributed by atoms with Crippen molar-refractivity contribution in [1.29, 1.82) is 0 Å². The first kappa shape index (κ1) is 13.9. The van der Waals surface area contributed by atoms with Gasteiger partial charge < -0.3 is 11.1 Å². The van der Waals surface area contributed by atoms with Gasteiger partial charge in [-0.3, -0.25) is 9.69 Å². The molecule has 3 N–H and O–H groups in total. The Morgan fingerprint density at radius 2 is 2.32 bits per heavy atom. The Balaban J connectivity index is 2.10. The van der Waals surface area contributed by atoms with Crippen LogP contribution in [0.2, 0.25) is 0 Å². The zero-order valence-electron chi connectivity index (χ0n) is 10.5. The maximum Gasteiger partial charge on any atom is 0.234 e. The molecule has 1 saturated heterocycles. The normalized spacial score (nSPS) is 16.8. The molecule has 0 aliphatic carbocycles. The van der Waals surface area contributed by atoms with E-state index in [2.05, 4.69) is 5.32 Å². The van der Waals surface area contributed by atoms with E-state index in [1.54, 1.807) is 12.1 Å². The van der Waals surface area contributed by atoms with Crippen molar-refractivity contribution in [2.75, 3.05) is 19.6 Å².